The third-order valence-electron chi connectivity index (χ3n) is 2.19. The summed E-state index contributed by atoms with van der Waals surface area (Å²) >= 11 is 0. The van der Waals surface area contributed by atoms with Gasteiger partial charge in [-0.1, -0.05) is 17.7 Å². The van der Waals surface area contributed by atoms with Crippen LogP contribution in [0.3, 0.4) is 0 Å². The molecule has 0 atom stereocenters. The standard InChI is InChI=1S/C11H13BF3O3S.K/c1-10-4-6-11(7-5-10)19(16,17)18-9-3-2-8-12(13,14)15;/h2,4-8H,3,9H2,1H3;/q-1;+1/b8-2+;. The first-order valence-corrected chi connectivity index (χ1v) is 6.95. The quantitative estimate of drug-likeness (QED) is 0.420. The number of rotatable bonds is 6. The van der Waals surface area contributed by atoms with Gasteiger partial charge in [-0.25, -0.2) is 0 Å². The summed E-state index contributed by atoms with van der Waals surface area (Å²) in [5, 5.41) is 0. The molecule has 0 saturated carbocycles. The molecule has 3 nitrogen and oxygen atoms in total. The van der Waals surface area contributed by atoms with E-state index in [-0.39, 0.29) is 75.3 Å². The van der Waals surface area contributed by atoms with Gasteiger partial charge in [-0.15, -0.1) is 12.1 Å². The molecule has 1 aromatic rings. The van der Waals surface area contributed by atoms with Crippen LogP contribution in [0.2, 0.25) is 0 Å². The molecule has 1 rings (SSSR count). The molecule has 1 aromatic carbocycles. The van der Waals surface area contributed by atoms with E-state index in [0.29, 0.717) is 0 Å². The summed E-state index contributed by atoms with van der Waals surface area (Å²) in [4.78, 5) is -0.0119. The summed E-state index contributed by atoms with van der Waals surface area (Å²) < 4.78 is 63.4. The molecule has 0 radical (unpaired) electrons. The molecule has 0 N–H and O–H groups in total. The minimum atomic E-state index is -4.99. The van der Waals surface area contributed by atoms with Gasteiger partial charge in [0.05, 0.1) is 11.5 Å². The van der Waals surface area contributed by atoms with Crippen LogP contribution in [0.1, 0.15) is 12.0 Å². The van der Waals surface area contributed by atoms with E-state index in [2.05, 4.69) is 4.18 Å². The molecule has 0 unspecified atom stereocenters. The minimum Gasteiger partial charge on any atom is -0.445 e. The molecule has 0 heterocycles. The summed E-state index contributed by atoms with van der Waals surface area (Å²) in [5.41, 5.74) is 0.897. The van der Waals surface area contributed by atoms with Gasteiger partial charge in [0.25, 0.3) is 10.1 Å². The van der Waals surface area contributed by atoms with E-state index >= 15 is 0 Å². The van der Waals surface area contributed by atoms with Crippen molar-refractivity contribution in [1.82, 2.24) is 0 Å². The zero-order chi connectivity index (χ0) is 14.5. The van der Waals surface area contributed by atoms with Crippen LogP contribution in [0.15, 0.2) is 41.2 Å². The maximum absolute atomic E-state index is 11.8. The third-order valence-corrected chi connectivity index (χ3v) is 3.51. The Hall–Kier alpha value is 0.361. The van der Waals surface area contributed by atoms with Crippen LogP contribution >= 0.6 is 0 Å². The predicted molar refractivity (Wildman–Crippen MR) is 67.2 cm³/mol. The van der Waals surface area contributed by atoms with Gasteiger partial charge < -0.3 is 12.9 Å². The molecule has 0 aliphatic heterocycles. The molecule has 9 heteroatoms. The fourth-order valence-corrected chi connectivity index (χ4v) is 2.17. The molecule has 0 aromatic heterocycles. The average Bonchev–Trinajstić information content (AvgIpc) is 2.27. The molecular weight excluding hydrogens is 319 g/mol. The van der Waals surface area contributed by atoms with E-state index in [1.54, 1.807) is 19.1 Å². The van der Waals surface area contributed by atoms with E-state index < -0.39 is 17.1 Å². The Morgan fingerprint density at radius 3 is 2.25 bits per heavy atom. The first-order valence-electron chi connectivity index (χ1n) is 5.54. The van der Waals surface area contributed by atoms with Crippen LogP contribution in [-0.2, 0) is 14.3 Å². The molecule has 0 aliphatic rings. The Morgan fingerprint density at radius 1 is 1.20 bits per heavy atom. The Balaban J connectivity index is 0.00000361. The molecule has 0 amide bonds. The van der Waals surface area contributed by atoms with Crippen molar-refractivity contribution in [2.45, 2.75) is 18.2 Å². The van der Waals surface area contributed by atoms with Gasteiger partial charge in [-0.3, -0.25) is 4.18 Å². The van der Waals surface area contributed by atoms with Crippen LogP contribution < -0.4 is 51.4 Å². The van der Waals surface area contributed by atoms with Crippen LogP contribution in [0.4, 0.5) is 12.9 Å². The van der Waals surface area contributed by atoms with Gasteiger partial charge in [-0.2, -0.15) is 8.42 Å². The molecule has 0 bridgehead atoms. The van der Waals surface area contributed by atoms with E-state index in [0.717, 1.165) is 11.6 Å². The van der Waals surface area contributed by atoms with Crippen LogP contribution in [0.5, 0.6) is 0 Å². The molecule has 106 valence electrons. The molecular formula is C11H13BF3KO3S. The summed E-state index contributed by atoms with van der Waals surface area (Å²) in [7, 11) is -3.90. The third kappa shape index (κ3) is 7.96. The molecule has 0 fully saturated rings. The van der Waals surface area contributed by atoms with E-state index in [9.17, 15) is 21.4 Å². The van der Waals surface area contributed by atoms with Gasteiger partial charge in [0.15, 0.2) is 0 Å². The fourth-order valence-electron chi connectivity index (χ4n) is 1.25. The number of hydrogen-bond acceptors (Lipinski definition) is 3. The van der Waals surface area contributed by atoms with Gasteiger partial charge in [0, 0.05) is 0 Å². The van der Waals surface area contributed by atoms with Crippen molar-refractivity contribution in [1.29, 1.82) is 0 Å². The monoisotopic (exact) mass is 332 g/mol. The second kappa shape index (κ2) is 8.72. The second-order valence-electron chi connectivity index (χ2n) is 3.93. The van der Waals surface area contributed by atoms with Crippen molar-refractivity contribution < 1.29 is 76.9 Å². The number of benzene rings is 1. The topological polar surface area (TPSA) is 43.4 Å². The minimum absolute atomic E-state index is 0. The van der Waals surface area contributed by atoms with Crippen molar-refractivity contribution in [3.8, 4) is 0 Å². The normalized spacial score (nSPS) is 12.4. The molecule has 20 heavy (non-hydrogen) atoms. The van der Waals surface area contributed by atoms with E-state index in [1.807, 2.05) is 0 Å². The Kier molecular flexibility index (Phi) is 8.88. The van der Waals surface area contributed by atoms with Crippen molar-refractivity contribution in [3.05, 3.63) is 41.9 Å². The first kappa shape index (κ1) is 20.4. The predicted octanol–water partition coefficient (Wildman–Crippen LogP) is 0.0372. The van der Waals surface area contributed by atoms with E-state index in [4.69, 9.17) is 0 Å². The molecule has 0 aliphatic carbocycles. The van der Waals surface area contributed by atoms with Crippen molar-refractivity contribution >= 4 is 17.1 Å². The summed E-state index contributed by atoms with van der Waals surface area (Å²) in [6, 6.07) is 6.00. The largest absolute Gasteiger partial charge is 1.00 e. The number of aryl methyl sites for hydroxylation is 1. The summed E-state index contributed by atoms with van der Waals surface area (Å²) in [6.07, 6.45) is 0.733. The Morgan fingerprint density at radius 2 is 1.75 bits per heavy atom. The maximum atomic E-state index is 11.8. The second-order valence-corrected chi connectivity index (χ2v) is 5.55. The average molecular weight is 332 g/mol. The van der Waals surface area contributed by atoms with E-state index in [1.165, 1.54) is 12.1 Å². The fraction of sp³-hybridized carbons (Fsp3) is 0.273. The first-order chi connectivity index (χ1) is 8.71. The van der Waals surface area contributed by atoms with Crippen molar-refractivity contribution in [2.24, 2.45) is 0 Å². The molecule has 0 spiro atoms. The van der Waals surface area contributed by atoms with Crippen LogP contribution in [-0.4, -0.2) is 22.0 Å². The zero-order valence-corrected chi connectivity index (χ0v) is 15.2. The number of hydrogen-bond donors (Lipinski definition) is 0. The van der Waals surface area contributed by atoms with Crippen molar-refractivity contribution in [3.63, 3.8) is 0 Å². The molecule has 0 saturated heterocycles. The SMILES string of the molecule is Cc1ccc(S(=O)(=O)OCC/C=C/[B-](F)(F)F)cc1.[K+]. The van der Waals surface area contributed by atoms with Gasteiger partial charge in [0.1, 0.15) is 0 Å². The Labute approximate surface area is 159 Å². The smallest absolute Gasteiger partial charge is 0.445 e. The maximum Gasteiger partial charge on any atom is 1.00 e. The summed E-state index contributed by atoms with van der Waals surface area (Å²) in [6.45, 7) is -3.50. The van der Waals surface area contributed by atoms with Gasteiger partial charge in [0.2, 0.25) is 0 Å². The Bertz CT molecular complexity index is 541. The van der Waals surface area contributed by atoms with Crippen LogP contribution in [0, 0.1) is 6.92 Å². The van der Waals surface area contributed by atoms with Gasteiger partial charge in [-0.05, 0) is 25.5 Å². The van der Waals surface area contributed by atoms with Gasteiger partial charge >= 0.3 is 58.4 Å². The van der Waals surface area contributed by atoms with Crippen LogP contribution in [0.25, 0.3) is 0 Å². The zero-order valence-electron chi connectivity index (χ0n) is 11.2. The van der Waals surface area contributed by atoms with Crippen molar-refractivity contribution in [2.75, 3.05) is 6.61 Å². The summed E-state index contributed by atoms with van der Waals surface area (Å²) in [5.74, 6) is 0.113. The number of halogens is 3.